The van der Waals surface area contributed by atoms with Crippen LogP contribution in [0.3, 0.4) is 0 Å². The summed E-state index contributed by atoms with van der Waals surface area (Å²) < 4.78 is 0. The Morgan fingerprint density at radius 3 is 3.00 bits per heavy atom. The summed E-state index contributed by atoms with van der Waals surface area (Å²) in [6, 6.07) is 0. The maximum atomic E-state index is 10.5. The van der Waals surface area contributed by atoms with Crippen LogP contribution in [0.1, 0.15) is 13.3 Å². The van der Waals surface area contributed by atoms with E-state index in [-0.39, 0.29) is 12.0 Å². The van der Waals surface area contributed by atoms with Crippen molar-refractivity contribution in [3.05, 3.63) is 0 Å². The molecule has 0 aromatic heterocycles. The Morgan fingerprint density at radius 2 is 2.50 bits per heavy atom. The molecule has 0 aromatic rings. The van der Waals surface area contributed by atoms with Crippen molar-refractivity contribution >= 4 is 5.91 Å². The van der Waals surface area contributed by atoms with Crippen molar-refractivity contribution in [2.75, 3.05) is 26.2 Å². The SMILES string of the molecule is CC(=O)NCCN1CCC(O)C1. The molecule has 70 valence electrons. The average molecular weight is 172 g/mol. The number of aliphatic hydroxyl groups is 1. The van der Waals surface area contributed by atoms with Crippen LogP contribution in [0, 0.1) is 0 Å². The molecule has 1 saturated heterocycles. The standard InChI is InChI=1S/C8H16N2O2/c1-7(11)9-3-5-10-4-2-8(12)6-10/h8,12H,2-6H2,1H3,(H,9,11). The van der Waals surface area contributed by atoms with Crippen LogP contribution in [0.2, 0.25) is 0 Å². The lowest BCUT2D eigenvalue weighted by Crippen LogP contribution is -2.33. The number of carbonyl (C=O) groups excluding carboxylic acids is 1. The van der Waals surface area contributed by atoms with Gasteiger partial charge in [0.2, 0.25) is 5.91 Å². The van der Waals surface area contributed by atoms with Gasteiger partial charge < -0.3 is 10.4 Å². The van der Waals surface area contributed by atoms with Crippen LogP contribution in [-0.2, 0) is 4.79 Å². The first-order valence-electron chi connectivity index (χ1n) is 4.33. The summed E-state index contributed by atoms with van der Waals surface area (Å²) >= 11 is 0. The highest BCUT2D eigenvalue weighted by molar-refractivity contribution is 5.72. The van der Waals surface area contributed by atoms with Crippen molar-refractivity contribution in [2.45, 2.75) is 19.4 Å². The summed E-state index contributed by atoms with van der Waals surface area (Å²) in [5, 5.41) is 11.9. The van der Waals surface area contributed by atoms with Crippen molar-refractivity contribution in [1.29, 1.82) is 0 Å². The molecule has 1 unspecified atom stereocenters. The molecule has 0 aliphatic carbocycles. The fourth-order valence-corrected chi connectivity index (χ4v) is 1.41. The predicted octanol–water partition coefficient (Wildman–Crippen LogP) is -0.811. The highest BCUT2D eigenvalue weighted by Crippen LogP contribution is 2.06. The molecule has 0 saturated carbocycles. The molecule has 4 heteroatoms. The van der Waals surface area contributed by atoms with Crippen molar-refractivity contribution in [3.8, 4) is 0 Å². The van der Waals surface area contributed by atoms with Crippen molar-refractivity contribution < 1.29 is 9.90 Å². The van der Waals surface area contributed by atoms with Gasteiger partial charge >= 0.3 is 0 Å². The summed E-state index contributed by atoms with van der Waals surface area (Å²) in [5.74, 6) is 0.00902. The minimum Gasteiger partial charge on any atom is -0.392 e. The maximum Gasteiger partial charge on any atom is 0.216 e. The normalized spacial score (nSPS) is 24.3. The van der Waals surface area contributed by atoms with E-state index in [1.165, 1.54) is 6.92 Å². The zero-order valence-electron chi connectivity index (χ0n) is 7.42. The molecule has 4 nitrogen and oxygen atoms in total. The zero-order valence-corrected chi connectivity index (χ0v) is 7.42. The van der Waals surface area contributed by atoms with Gasteiger partial charge in [0.05, 0.1) is 6.10 Å². The van der Waals surface area contributed by atoms with E-state index in [1.807, 2.05) is 0 Å². The number of nitrogens with zero attached hydrogens (tertiary/aromatic N) is 1. The predicted molar refractivity (Wildman–Crippen MR) is 45.7 cm³/mol. The van der Waals surface area contributed by atoms with Gasteiger partial charge in [0.25, 0.3) is 0 Å². The lowest BCUT2D eigenvalue weighted by molar-refractivity contribution is -0.119. The highest BCUT2D eigenvalue weighted by atomic mass is 16.3. The summed E-state index contributed by atoms with van der Waals surface area (Å²) in [5.41, 5.74) is 0. The lowest BCUT2D eigenvalue weighted by atomic mass is 10.3. The highest BCUT2D eigenvalue weighted by Gasteiger charge is 2.18. The first kappa shape index (κ1) is 9.48. The first-order chi connectivity index (χ1) is 5.68. The second kappa shape index (κ2) is 4.42. The zero-order chi connectivity index (χ0) is 8.97. The molecule has 1 heterocycles. The van der Waals surface area contributed by atoms with E-state index in [9.17, 15) is 9.90 Å². The number of hydrogen-bond donors (Lipinski definition) is 2. The minimum atomic E-state index is -0.165. The largest absolute Gasteiger partial charge is 0.392 e. The third-order valence-electron chi connectivity index (χ3n) is 2.05. The van der Waals surface area contributed by atoms with Crippen LogP contribution in [-0.4, -0.2) is 48.2 Å². The monoisotopic (exact) mass is 172 g/mol. The van der Waals surface area contributed by atoms with Crippen molar-refractivity contribution in [1.82, 2.24) is 10.2 Å². The van der Waals surface area contributed by atoms with Crippen LogP contribution in [0.15, 0.2) is 0 Å². The third-order valence-corrected chi connectivity index (χ3v) is 2.05. The Hall–Kier alpha value is -0.610. The lowest BCUT2D eigenvalue weighted by Gasteiger charge is -2.14. The van der Waals surface area contributed by atoms with Crippen LogP contribution in [0.4, 0.5) is 0 Å². The van der Waals surface area contributed by atoms with Gasteiger partial charge in [-0.25, -0.2) is 0 Å². The summed E-state index contributed by atoms with van der Waals surface area (Å²) in [4.78, 5) is 12.7. The average Bonchev–Trinajstić information content (AvgIpc) is 2.35. The van der Waals surface area contributed by atoms with E-state index in [2.05, 4.69) is 10.2 Å². The molecular weight excluding hydrogens is 156 g/mol. The van der Waals surface area contributed by atoms with E-state index >= 15 is 0 Å². The molecule has 2 N–H and O–H groups in total. The van der Waals surface area contributed by atoms with Gasteiger partial charge in [0.15, 0.2) is 0 Å². The van der Waals surface area contributed by atoms with Gasteiger partial charge in [-0.15, -0.1) is 0 Å². The molecule has 1 amide bonds. The van der Waals surface area contributed by atoms with Crippen LogP contribution < -0.4 is 5.32 Å². The molecule has 1 aliphatic heterocycles. The molecular formula is C8H16N2O2. The topological polar surface area (TPSA) is 52.6 Å². The van der Waals surface area contributed by atoms with Gasteiger partial charge in [-0.05, 0) is 6.42 Å². The maximum absolute atomic E-state index is 10.5. The number of aliphatic hydroxyl groups excluding tert-OH is 1. The molecule has 1 aliphatic rings. The number of likely N-dealkylation sites (tertiary alicyclic amines) is 1. The Kier molecular flexibility index (Phi) is 3.49. The van der Waals surface area contributed by atoms with E-state index in [4.69, 9.17) is 0 Å². The van der Waals surface area contributed by atoms with Crippen LogP contribution in [0.5, 0.6) is 0 Å². The number of β-amino-alcohol motifs (C(OH)–C–C–N with tert-alkyl or cyclic N) is 1. The molecule has 0 aromatic carbocycles. The number of nitrogens with one attached hydrogen (secondary N) is 1. The van der Waals surface area contributed by atoms with Gasteiger partial charge in [0.1, 0.15) is 0 Å². The molecule has 1 fully saturated rings. The smallest absolute Gasteiger partial charge is 0.216 e. The second-order valence-corrected chi connectivity index (χ2v) is 3.23. The summed E-state index contributed by atoms with van der Waals surface area (Å²) in [6.45, 7) is 4.73. The number of carbonyl (C=O) groups is 1. The van der Waals surface area contributed by atoms with Gasteiger partial charge in [0, 0.05) is 33.1 Å². The second-order valence-electron chi connectivity index (χ2n) is 3.23. The van der Waals surface area contributed by atoms with E-state index in [1.54, 1.807) is 0 Å². The molecule has 1 rings (SSSR count). The first-order valence-corrected chi connectivity index (χ1v) is 4.33. The molecule has 0 bridgehead atoms. The number of hydrogen-bond acceptors (Lipinski definition) is 3. The Labute approximate surface area is 72.6 Å². The van der Waals surface area contributed by atoms with Crippen molar-refractivity contribution in [2.24, 2.45) is 0 Å². The Morgan fingerprint density at radius 1 is 1.75 bits per heavy atom. The quantitative estimate of drug-likeness (QED) is 0.585. The Balaban J connectivity index is 2.04. The molecule has 12 heavy (non-hydrogen) atoms. The fraction of sp³-hybridized carbons (Fsp3) is 0.875. The fourth-order valence-electron chi connectivity index (χ4n) is 1.41. The van der Waals surface area contributed by atoms with E-state index in [0.717, 1.165) is 26.1 Å². The number of rotatable bonds is 3. The van der Waals surface area contributed by atoms with Gasteiger partial charge in [-0.3, -0.25) is 9.69 Å². The summed E-state index contributed by atoms with van der Waals surface area (Å²) in [6.07, 6.45) is 0.697. The van der Waals surface area contributed by atoms with Gasteiger partial charge in [-0.2, -0.15) is 0 Å². The Bertz CT molecular complexity index is 161. The van der Waals surface area contributed by atoms with E-state index < -0.39 is 0 Å². The van der Waals surface area contributed by atoms with Crippen LogP contribution >= 0.6 is 0 Å². The molecule has 0 radical (unpaired) electrons. The van der Waals surface area contributed by atoms with Crippen LogP contribution in [0.25, 0.3) is 0 Å². The van der Waals surface area contributed by atoms with Crippen molar-refractivity contribution in [3.63, 3.8) is 0 Å². The summed E-state index contributed by atoms with van der Waals surface area (Å²) in [7, 11) is 0. The molecule has 1 atom stereocenters. The van der Waals surface area contributed by atoms with E-state index in [0.29, 0.717) is 6.54 Å². The van der Waals surface area contributed by atoms with Gasteiger partial charge in [-0.1, -0.05) is 0 Å². The third kappa shape index (κ3) is 3.19. The molecule has 0 spiro atoms. The minimum absolute atomic E-state index is 0.00902. The number of amides is 1.